The quantitative estimate of drug-likeness (QED) is 0.742. The van der Waals surface area contributed by atoms with Gasteiger partial charge in [0.05, 0.1) is 5.60 Å². The van der Waals surface area contributed by atoms with Crippen molar-refractivity contribution >= 4 is 0 Å². The zero-order chi connectivity index (χ0) is 10.5. The highest BCUT2D eigenvalue weighted by Crippen LogP contribution is 2.55. The van der Waals surface area contributed by atoms with Crippen LogP contribution in [0.5, 0.6) is 0 Å². The van der Waals surface area contributed by atoms with Crippen molar-refractivity contribution in [3.8, 4) is 0 Å². The summed E-state index contributed by atoms with van der Waals surface area (Å²) < 4.78 is 0. The Balaban J connectivity index is 2.00. The largest absolute Gasteiger partial charge is 0.389 e. The van der Waals surface area contributed by atoms with Crippen molar-refractivity contribution in [2.75, 3.05) is 0 Å². The van der Waals surface area contributed by atoms with Gasteiger partial charge in [0.1, 0.15) is 0 Å². The smallest absolute Gasteiger partial charge is 0.0746 e. The van der Waals surface area contributed by atoms with Crippen LogP contribution in [0.2, 0.25) is 0 Å². The molecule has 0 aromatic heterocycles. The lowest BCUT2D eigenvalue weighted by atomic mass is 9.78. The van der Waals surface area contributed by atoms with Crippen molar-refractivity contribution in [2.45, 2.75) is 44.1 Å². The van der Waals surface area contributed by atoms with Crippen LogP contribution in [-0.2, 0) is 6.42 Å². The average Bonchev–Trinajstić information content (AvgIpc) is 2.87. The van der Waals surface area contributed by atoms with Gasteiger partial charge in [-0.2, -0.15) is 0 Å². The molecule has 1 saturated carbocycles. The maximum atomic E-state index is 10.5. The first-order valence-electron chi connectivity index (χ1n) is 6.02. The number of fused-ring (bicyclic) bond motifs is 1. The highest BCUT2D eigenvalue weighted by molar-refractivity contribution is 5.36. The molecule has 3 atom stereocenters. The highest BCUT2D eigenvalue weighted by atomic mass is 16.3. The van der Waals surface area contributed by atoms with Crippen LogP contribution in [0, 0.1) is 5.92 Å². The molecule has 1 nitrogen and oxygen atoms in total. The summed E-state index contributed by atoms with van der Waals surface area (Å²) in [5.74, 6) is 0.895. The predicted molar refractivity (Wildman–Crippen MR) is 60.9 cm³/mol. The molecular formula is C14H18O. The predicted octanol–water partition coefficient (Wildman–Crippen LogP) is 2.88. The van der Waals surface area contributed by atoms with Gasteiger partial charge in [0.25, 0.3) is 0 Å². The van der Waals surface area contributed by atoms with Gasteiger partial charge in [0.2, 0.25) is 0 Å². The third-order valence-corrected chi connectivity index (χ3v) is 4.30. The normalized spacial score (nSPS) is 38.5. The van der Waals surface area contributed by atoms with Crippen molar-refractivity contribution in [1.29, 1.82) is 0 Å². The lowest BCUT2D eigenvalue weighted by Crippen LogP contribution is -2.26. The Morgan fingerprint density at radius 3 is 2.80 bits per heavy atom. The van der Waals surface area contributed by atoms with E-state index in [9.17, 15) is 5.11 Å². The van der Waals surface area contributed by atoms with Crippen molar-refractivity contribution in [3.63, 3.8) is 0 Å². The molecule has 0 saturated heterocycles. The van der Waals surface area contributed by atoms with E-state index in [0.717, 1.165) is 12.8 Å². The molecule has 3 rings (SSSR count). The zero-order valence-corrected chi connectivity index (χ0v) is 9.24. The van der Waals surface area contributed by atoms with E-state index in [0.29, 0.717) is 11.8 Å². The summed E-state index contributed by atoms with van der Waals surface area (Å²) >= 11 is 0. The minimum Gasteiger partial charge on any atom is -0.389 e. The third-order valence-electron chi connectivity index (χ3n) is 4.30. The lowest BCUT2D eigenvalue weighted by molar-refractivity contribution is 0.0945. The topological polar surface area (TPSA) is 20.2 Å². The molecule has 0 aliphatic heterocycles. The molecule has 1 heteroatoms. The summed E-state index contributed by atoms with van der Waals surface area (Å²) in [7, 11) is 0. The Labute approximate surface area is 91.1 Å². The fourth-order valence-electron chi connectivity index (χ4n) is 3.19. The van der Waals surface area contributed by atoms with E-state index >= 15 is 0 Å². The minimum absolute atomic E-state index is 0.378. The first-order chi connectivity index (χ1) is 7.22. The van der Waals surface area contributed by atoms with Crippen LogP contribution >= 0.6 is 0 Å². The summed E-state index contributed by atoms with van der Waals surface area (Å²) in [5.41, 5.74) is 2.49. The number of aliphatic hydroxyl groups is 1. The van der Waals surface area contributed by atoms with E-state index in [-0.39, 0.29) is 5.60 Å². The zero-order valence-electron chi connectivity index (χ0n) is 9.24. The van der Waals surface area contributed by atoms with Crippen LogP contribution < -0.4 is 0 Å². The average molecular weight is 202 g/mol. The van der Waals surface area contributed by atoms with Crippen molar-refractivity contribution in [2.24, 2.45) is 5.92 Å². The Hall–Kier alpha value is -0.820. The molecule has 2 aliphatic carbocycles. The van der Waals surface area contributed by atoms with Crippen LogP contribution in [0.25, 0.3) is 0 Å². The van der Waals surface area contributed by atoms with E-state index in [4.69, 9.17) is 0 Å². The molecule has 2 aliphatic rings. The number of hydrogen-bond donors (Lipinski definition) is 1. The number of benzene rings is 1. The third kappa shape index (κ3) is 1.33. The Bertz CT molecular complexity index is 385. The summed E-state index contributed by atoms with van der Waals surface area (Å²) in [4.78, 5) is 0. The molecule has 1 fully saturated rings. The van der Waals surface area contributed by atoms with Crippen molar-refractivity contribution < 1.29 is 5.11 Å². The number of aryl methyl sites for hydroxylation is 1. The fraction of sp³-hybridized carbons (Fsp3) is 0.571. The van der Waals surface area contributed by atoms with E-state index in [1.54, 1.807) is 0 Å². The first-order valence-corrected chi connectivity index (χ1v) is 6.02. The number of hydrogen-bond acceptors (Lipinski definition) is 1. The second-order valence-electron chi connectivity index (χ2n) is 5.24. The summed E-state index contributed by atoms with van der Waals surface area (Å²) in [6, 6.07) is 8.65. The van der Waals surface area contributed by atoms with E-state index in [1.807, 2.05) is 0 Å². The van der Waals surface area contributed by atoms with E-state index < -0.39 is 0 Å². The maximum Gasteiger partial charge on any atom is 0.0746 e. The van der Waals surface area contributed by atoms with Crippen LogP contribution in [0.15, 0.2) is 24.3 Å². The maximum absolute atomic E-state index is 10.5. The van der Waals surface area contributed by atoms with Gasteiger partial charge in [0, 0.05) is 5.92 Å². The molecule has 0 heterocycles. The standard InChI is InChI=1S/C14H18O/c1-10-9-14(10,15)13-8-4-6-11-5-2-3-7-12(11)13/h2-3,5,7,10,13,15H,4,6,8-9H2,1H3. The van der Waals surface area contributed by atoms with E-state index in [2.05, 4.69) is 31.2 Å². The van der Waals surface area contributed by atoms with Gasteiger partial charge in [-0.15, -0.1) is 0 Å². The van der Waals surface area contributed by atoms with Crippen molar-refractivity contribution in [1.82, 2.24) is 0 Å². The first kappa shape index (κ1) is 9.41. The SMILES string of the molecule is CC1CC1(O)C1CCCc2ccccc21. The van der Waals surface area contributed by atoms with Gasteiger partial charge in [-0.1, -0.05) is 31.2 Å². The molecule has 80 valence electrons. The molecule has 1 aromatic rings. The molecule has 1 aromatic carbocycles. The number of rotatable bonds is 1. The highest BCUT2D eigenvalue weighted by Gasteiger charge is 2.55. The summed E-state index contributed by atoms with van der Waals surface area (Å²) in [5, 5.41) is 10.5. The van der Waals surface area contributed by atoms with E-state index in [1.165, 1.54) is 24.0 Å². The molecule has 1 N–H and O–H groups in total. The minimum atomic E-state index is -0.378. The lowest BCUT2D eigenvalue weighted by Gasteiger charge is -2.30. The van der Waals surface area contributed by atoms with Crippen LogP contribution in [0.1, 0.15) is 43.2 Å². The second kappa shape index (κ2) is 3.08. The van der Waals surface area contributed by atoms with Crippen LogP contribution in [0.3, 0.4) is 0 Å². The van der Waals surface area contributed by atoms with Gasteiger partial charge in [-0.25, -0.2) is 0 Å². The van der Waals surface area contributed by atoms with Gasteiger partial charge in [-0.05, 0) is 42.7 Å². The molecule has 15 heavy (non-hydrogen) atoms. The Morgan fingerprint density at radius 1 is 1.33 bits per heavy atom. The van der Waals surface area contributed by atoms with Gasteiger partial charge in [0.15, 0.2) is 0 Å². The molecule has 3 unspecified atom stereocenters. The molecule has 0 spiro atoms. The Morgan fingerprint density at radius 2 is 2.07 bits per heavy atom. The summed E-state index contributed by atoms with van der Waals surface area (Å²) in [6.45, 7) is 2.16. The van der Waals surface area contributed by atoms with Gasteiger partial charge >= 0.3 is 0 Å². The molecule has 0 radical (unpaired) electrons. The Kier molecular flexibility index (Phi) is 1.93. The molecule has 0 bridgehead atoms. The monoisotopic (exact) mass is 202 g/mol. The van der Waals surface area contributed by atoms with Crippen LogP contribution in [-0.4, -0.2) is 10.7 Å². The fourth-order valence-corrected chi connectivity index (χ4v) is 3.19. The summed E-state index contributed by atoms with van der Waals surface area (Å²) in [6.07, 6.45) is 4.58. The van der Waals surface area contributed by atoms with Crippen molar-refractivity contribution in [3.05, 3.63) is 35.4 Å². The molecule has 0 amide bonds. The second-order valence-corrected chi connectivity index (χ2v) is 5.24. The van der Waals surface area contributed by atoms with Crippen LogP contribution in [0.4, 0.5) is 0 Å². The van der Waals surface area contributed by atoms with Gasteiger partial charge < -0.3 is 5.11 Å². The molecular weight excluding hydrogens is 184 g/mol. The van der Waals surface area contributed by atoms with Gasteiger partial charge in [-0.3, -0.25) is 0 Å².